The molecule has 6 rings (SSSR count). The second kappa shape index (κ2) is 26.8. The zero-order chi connectivity index (χ0) is 54.7. The van der Waals surface area contributed by atoms with Gasteiger partial charge in [-0.15, -0.1) is 22.7 Å². The Morgan fingerprint density at radius 3 is 1.32 bits per heavy atom. The molecule has 2 aromatic heterocycles. The highest BCUT2D eigenvalue weighted by atomic mass is 32.1. The summed E-state index contributed by atoms with van der Waals surface area (Å²) in [5.74, 6) is 10.8. The fraction of sp³-hybridized carbons (Fsp3) is 0.690. The number of thiophene rings is 2. The van der Waals surface area contributed by atoms with E-state index in [1.165, 1.54) is 0 Å². The first-order valence-corrected chi connectivity index (χ1v) is 28.7. The molecule has 2 atom stereocenters. The summed E-state index contributed by atoms with van der Waals surface area (Å²) in [4.78, 5) is 81.8. The van der Waals surface area contributed by atoms with Crippen molar-refractivity contribution >= 4 is 69.7 Å². The van der Waals surface area contributed by atoms with Crippen LogP contribution in [0.2, 0.25) is 0 Å². The van der Waals surface area contributed by atoms with Crippen LogP contribution >= 0.6 is 22.7 Å². The normalized spacial score (nSPS) is 24.9. The van der Waals surface area contributed by atoms with Gasteiger partial charge in [0, 0.05) is 34.7 Å². The molecule has 6 N–H and O–H groups in total. The number of carboxylic acid groups (broad SMARTS) is 2. The van der Waals surface area contributed by atoms with Crippen molar-refractivity contribution in [1.29, 1.82) is 0 Å². The Balaban J connectivity index is 0.000000276. The van der Waals surface area contributed by atoms with Crippen molar-refractivity contribution in [3.05, 3.63) is 31.6 Å². The molecule has 16 heteroatoms. The molecule has 4 fully saturated rings. The van der Waals surface area contributed by atoms with Gasteiger partial charge in [-0.25, -0.2) is 9.59 Å². The Hall–Kier alpha value is -4.74. The average molecular weight is 1060 g/mol. The molecule has 0 aromatic carbocycles. The minimum Gasteiger partial charge on any atom is -0.477 e. The zero-order valence-electron chi connectivity index (χ0n) is 45.7. The van der Waals surface area contributed by atoms with Crippen LogP contribution in [0.3, 0.4) is 0 Å². The number of hydrogen-bond donors (Lipinski definition) is 4. The number of carbonyl (C=O) groups excluding carboxylic acids is 4. The van der Waals surface area contributed by atoms with Crippen molar-refractivity contribution in [2.24, 2.45) is 51.9 Å². The molecule has 2 aromatic rings. The first-order chi connectivity index (χ1) is 34.8. The van der Waals surface area contributed by atoms with Crippen LogP contribution in [0.4, 0.5) is 11.4 Å². The van der Waals surface area contributed by atoms with Gasteiger partial charge in [-0.3, -0.25) is 19.2 Å². The van der Waals surface area contributed by atoms with Gasteiger partial charge < -0.3 is 41.0 Å². The minimum atomic E-state index is -1.05. The number of aromatic carboxylic acids is 2. The van der Waals surface area contributed by atoms with E-state index < -0.39 is 23.9 Å². The van der Waals surface area contributed by atoms with E-state index in [9.17, 15) is 39.0 Å². The number of carbonyl (C=O) groups is 6. The van der Waals surface area contributed by atoms with Crippen molar-refractivity contribution in [3.8, 4) is 23.7 Å². The van der Waals surface area contributed by atoms with Crippen molar-refractivity contribution in [2.45, 2.75) is 209 Å². The van der Waals surface area contributed by atoms with Crippen LogP contribution in [-0.4, -0.2) is 82.8 Å². The highest BCUT2D eigenvalue weighted by molar-refractivity contribution is 7.15. The van der Waals surface area contributed by atoms with Gasteiger partial charge in [0.1, 0.15) is 28.0 Å². The molecule has 0 aliphatic heterocycles. The van der Waals surface area contributed by atoms with Crippen LogP contribution in [0, 0.1) is 64.1 Å². The minimum absolute atomic E-state index is 0.00920. The molecule has 0 radical (unpaired) electrons. The van der Waals surface area contributed by atoms with Crippen LogP contribution in [0.1, 0.15) is 207 Å². The number of hydrogen-bond acceptors (Lipinski definition) is 12. The number of carboxylic acids is 2. The number of esters is 2. The highest BCUT2D eigenvalue weighted by Crippen LogP contribution is 2.41. The van der Waals surface area contributed by atoms with Gasteiger partial charge in [0.2, 0.25) is 11.8 Å². The molecule has 74 heavy (non-hydrogen) atoms. The molecule has 408 valence electrons. The van der Waals surface area contributed by atoms with E-state index in [0.29, 0.717) is 84.3 Å². The van der Waals surface area contributed by atoms with E-state index >= 15 is 0 Å². The van der Waals surface area contributed by atoms with Gasteiger partial charge in [0.15, 0.2) is 0 Å². The topological polar surface area (TPSA) is 220 Å². The fourth-order valence-corrected chi connectivity index (χ4v) is 11.9. The van der Waals surface area contributed by atoms with Gasteiger partial charge in [-0.05, 0) is 174 Å². The molecular weight excluding hydrogens is 977 g/mol. The van der Waals surface area contributed by atoms with Gasteiger partial charge in [-0.2, -0.15) is 0 Å². The quantitative estimate of drug-likeness (QED) is 0.103. The Morgan fingerprint density at radius 1 is 0.635 bits per heavy atom. The maximum absolute atomic E-state index is 14.1. The summed E-state index contributed by atoms with van der Waals surface area (Å²) in [6.45, 7) is 20.2. The molecule has 2 heterocycles. The summed E-state index contributed by atoms with van der Waals surface area (Å²) in [5, 5.41) is 20.1. The molecule has 0 saturated heterocycles. The maximum atomic E-state index is 14.1. The third kappa shape index (κ3) is 17.1. The summed E-state index contributed by atoms with van der Waals surface area (Å²) < 4.78 is 11.2. The van der Waals surface area contributed by atoms with Gasteiger partial charge >= 0.3 is 23.9 Å². The van der Waals surface area contributed by atoms with Crippen LogP contribution in [0.5, 0.6) is 0 Å². The number of nitrogens with two attached hydrogens (primary N) is 2. The summed E-state index contributed by atoms with van der Waals surface area (Å²) in [6, 6.07) is 2.61. The first kappa shape index (κ1) is 60.1. The maximum Gasteiger partial charge on any atom is 0.348 e. The predicted octanol–water partition coefficient (Wildman–Crippen LogP) is 11.0. The lowest BCUT2D eigenvalue weighted by Gasteiger charge is -2.39. The summed E-state index contributed by atoms with van der Waals surface area (Å²) in [7, 11) is 0. The lowest BCUT2D eigenvalue weighted by atomic mass is 9.81. The molecule has 0 bridgehead atoms. The van der Waals surface area contributed by atoms with Gasteiger partial charge in [0.25, 0.3) is 0 Å². The van der Waals surface area contributed by atoms with Crippen LogP contribution in [0.25, 0.3) is 0 Å². The van der Waals surface area contributed by atoms with Crippen molar-refractivity contribution in [3.63, 3.8) is 0 Å². The molecule has 4 aliphatic rings. The molecule has 4 aliphatic carbocycles. The van der Waals surface area contributed by atoms with Gasteiger partial charge in [0.05, 0.1) is 27.7 Å². The largest absolute Gasteiger partial charge is 0.477 e. The Morgan fingerprint density at radius 2 is 1.00 bits per heavy atom. The van der Waals surface area contributed by atoms with Crippen molar-refractivity contribution < 1.29 is 48.5 Å². The Labute approximate surface area is 448 Å². The molecule has 2 amide bonds. The number of nitrogens with zero attached hydrogens (tertiary/aromatic N) is 2. The van der Waals surface area contributed by atoms with E-state index in [0.717, 1.165) is 80.5 Å². The third-order valence-electron chi connectivity index (χ3n) is 15.0. The van der Waals surface area contributed by atoms with E-state index in [1.54, 1.807) is 21.9 Å². The second-order valence-electron chi connectivity index (χ2n) is 23.5. The van der Waals surface area contributed by atoms with Gasteiger partial charge in [-0.1, -0.05) is 57.8 Å². The Kier molecular flexibility index (Phi) is 21.8. The SMILES string of the molecule is CC1CCC(C(=O)N(c2cc(C#CC(C)(C)C)sc2C(=O)O)C2CCC(OC(=O)CN)CC2)CC1.CC[C@H](C)[C@@H](N)C(=O)OC1CCC(N(C(=O)C2CCC(C)CC2)c2cc(C#CC(C)(C)C)sc2C(=O)O)CC1. The fourth-order valence-electron chi connectivity index (χ4n) is 10.3. The standard InChI is InChI=1S/C31H46N2O5S.C27H38N2O5S/c1-7-20(3)26(32)30(37)38-23-14-12-22(13-15-23)33(28(34)21-10-8-19(2)9-11-21)25-18-24(16-17-31(4,5)6)39-27(25)29(35)36;1-17-5-7-18(8-6-17)25(31)29(19-9-11-20(12-10-19)34-23(30)16-28)22-15-21(13-14-27(2,3)4)35-24(22)26(32)33/h18-23,26H,7-15,32H2,1-6H3,(H,35,36);15,17-20H,5-12,16,28H2,1-4H3,(H,32,33)/t19?,20-,21?,22?,23?,26+;/m0./s1. The smallest absolute Gasteiger partial charge is 0.348 e. The molecule has 0 unspecified atom stereocenters. The third-order valence-corrected chi connectivity index (χ3v) is 17.0. The second-order valence-corrected chi connectivity index (χ2v) is 25.6. The van der Waals surface area contributed by atoms with E-state index in [4.69, 9.17) is 20.9 Å². The Bertz CT molecular complexity index is 2390. The number of ether oxygens (including phenoxy) is 2. The van der Waals surface area contributed by atoms with Crippen molar-refractivity contribution in [1.82, 2.24) is 0 Å². The summed E-state index contributed by atoms with van der Waals surface area (Å²) in [5.41, 5.74) is 11.9. The van der Waals surface area contributed by atoms with Crippen LogP contribution < -0.4 is 21.3 Å². The number of rotatable bonds is 14. The summed E-state index contributed by atoms with van der Waals surface area (Å²) >= 11 is 2.26. The van der Waals surface area contributed by atoms with E-state index in [-0.39, 0.29) is 87.0 Å². The van der Waals surface area contributed by atoms with E-state index in [1.807, 2.05) is 55.4 Å². The summed E-state index contributed by atoms with van der Waals surface area (Å²) in [6.07, 6.45) is 12.6. The first-order valence-electron chi connectivity index (χ1n) is 27.1. The lowest BCUT2D eigenvalue weighted by molar-refractivity contribution is -0.153. The predicted molar refractivity (Wildman–Crippen MR) is 293 cm³/mol. The monoisotopic (exact) mass is 1060 g/mol. The molecule has 4 saturated carbocycles. The molecule has 14 nitrogen and oxygen atoms in total. The number of amides is 2. The lowest BCUT2D eigenvalue weighted by Crippen LogP contribution is -2.48. The van der Waals surface area contributed by atoms with Crippen molar-refractivity contribution in [2.75, 3.05) is 16.3 Å². The highest BCUT2D eigenvalue weighted by Gasteiger charge is 2.40. The molecular formula is C58H84N4O10S2. The van der Waals surface area contributed by atoms with E-state index in [2.05, 4.69) is 37.5 Å². The number of anilines is 2. The average Bonchev–Trinajstić information content (AvgIpc) is 3.99. The zero-order valence-corrected chi connectivity index (χ0v) is 47.3. The molecule has 0 spiro atoms. The van der Waals surface area contributed by atoms with Crippen LogP contribution in [0.15, 0.2) is 12.1 Å². The van der Waals surface area contributed by atoms with Crippen LogP contribution in [-0.2, 0) is 28.7 Å².